The number of aryl methyl sites for hydroxylation is 1. The van der Waals surface area contributed by atoms with Crippen LogP contribution in [0.5, 0.6) is 0 Å². The first kappa shape index (κ1) is 13.1. The molecule has 0 aliphatic rings. The molecule has 0 aliphatic heterocycles. The Kier molecular flexibility index (Phi) is 4.45. The lowest BCUT2D eigenvalue weighted by molar-refractivity contribution is 0.271. The van der Waals surface area contributed by atoms with Gasteiger partial charge in [-0.25, -0.2) is 13.4 Å². The maximum absolute atomic E-state index is 12.1. The number of sulfonamides is 1. The molecule has 0 amide bonds. The van der Waals surface area contributed by atoms with Crippen LogP contribution in [-0.4, -0.2) is 47.1 Å². The first-order valence-corrected chi connectivity index (χ1v) is 6.55. The minimum Gasteiger partial charge on any atom is -0.396 e. The summed E-state index contributed by atoms with van der Waals surface area (Å²) in [6, 6.07) is 0. The molecule has 0 radical (unpaired) electrons. The van der Waals surface area contributed by atoms with Gasteiger partial charge in [-0.3, -0.25) is 0 Å². The van der Waals surface area contributed by atoms with E-state index in [9.17, 15) is 8.42 Å². The van der Waals surface area contributed by atoms with Gasteiger partial charge in [-0.1, -0.05) is 6.92 Å². The highest BCUT2D eigenvalue weighted by molar-refractivity contribution is 7.89. The lowest BCUT2D eigenvalue weighted by atomic mass is 10.4. The number of hydrogen-bond donors (Lipinski definition) is 1. The number of rotatable bonds is 6. The fourth-order valence-electron chi connectivity index (χ4n) is 1.35. The molecule has 0 saturated heterocycles. The zero-order valence-electron chi connectivity index (χ0n) is 9.50. The minimum absolute atomic E-state index is 0.0196. The van der Waals surface area contributed by atoms with E-state index in [1.807, 2.05) is 0 Å². The van der Waals surface area contributed by atoms with Crippen LogP contribution in [0.4, 0.5) is 0 Å². The van der Waals surface area contributed by atoms with E-state index >= 15 is 0 Å². The van der Waals surface area contributed by atoms with E-state index in [1.54, 1.807) is 18.5 Å². The average molecular weight is 247 g/mol. The summed E-state index contributed by atoms with van der Waals surface area (Å²) in [5, 5.41) is 8.76. The van der Waals surface area contributed by atoms with Crippen LogP contribution in [0.2, 0.25) is 0 Å². The summed E-state index contributed by atoms with van der Waals surface area (Å²) in [6.07, 6.45) is 3.35. The molecular formula is C9H17N3O3S. The van der Waals surface area contributed by atoms with Crippen molar-refractivity contribution in [3.63, 3.8) is 0 Å². The van der Waals surface area contributed by atoms with Crippen molar-refractivity contribution in [1.29, 1.82) is 0 Å². The van der Waals surface area contributed by atoms with Gasteiger partial charge < -0.3 is 9.67 Å². The highest BCUT2D eigenvalue weighted by atomic mass is 32.2. The fraction of sp³-hybridized carbons (Fsp3) is 0.667. The van der Waals surface area contributed by atoms with Crippen molar-refractivity contribution in [3.05, 3.63) is 12.5 Å². The van der Waals surface area contributed by atoms with Crippen LogP contribution in [0.1, 0.15) is 13.3 Å². The lowest BCUT2D eigenvalue weighted by Crippen LogP contribution is -2.32. The first-order chi connectivity index (χ1) is 7.52. The Balaban J connectivity index is 2.90. The predicted molar refractivity (Wildman–Crippen MR) is 59.3 cm³/mol. The third-order valence-corrected chi connectivity index (χ3v) is 4.06. The Morgan fingerprint density at radius 3 is 2.69 bits per heavy atom. The molecule has 16 heavy (non-hydrogen) atoms. The minimum atomic E-state index is -3.51. The maximum atomic E-state index is 12.1. The topological polar surface area (TPSA) is 75.4 Å². The summed E-state index contributed by atoms with van der Waals surface area (Å²) in [5.74, 6) is 0. The Labute approximate surface area is 95.6 Å². The van der Waals surface area contributed by atoms with Gasteiger partial charge >= 0.3 is 0 Å². The molecule has 1 heterocycles. The fourth-order valence-corrected chi connectivity index (χ4v) is 2.80. The van der Waals surface area contributed by atoms with Gasteiger partial charge in [-0.15, -0.1) is 0 Å². The van der Waals surface area contributed by atoms with Crippen LogP contribution in [0, 0.1) is 0 Å². The van der Waals surface area contributed by atoms with E-state index in [0.29, 0.717) is 19.5 Å². The lowest BCUT2D eigenvalue weighted by Gasteiger charge is -2.18. The molecule has 0 fully saturated rings. The van der Waals surface area contributed by atoms with Gasteiger partial charge in [0.25, 0.3) is 10.0 Å². The second-order valence-corrected chi connectivity index (χ2v) is 5.34. The van der Waals surface area contributed by atoms with Crippen LogP contribution < -0.4 is 0 Å². The second-order valence-electron chi connectivity index (χ2n) is 3.45. The number of imidazole rings is 1. The van der Waals surface area contributed by atoms with Crippen molar-refractivity contribution < 1.29 is 13.5 Å². The number of aromatic nitrogens is 2. The van der Waals surface area contributed by atoms with Crippen molar-refractivity contribution in [3.8, 4) is 0 Å². The predicted octanol–water partition coefficient (Wildman–Crippen LogP) is -0.187. The van der Waals surface area contributed by atoms with E-state index in [2.05, 4.69) is 4.98 Å². The second kappa shape index (κ2) is 5.42. The monoisotopic (exact) mass is 247 g/mol. The molecule has 0 saturated carbocycles. The molecule has 6 nitrogen and oxygen atoms in total. The highest BCUT2D eigenvalue weighted by Crippen LogP contribution is 2.12. The van der Waals surface area contributed by atoms with Gasteiger partial charge in [0.15, 0.2) is 5.03 Å². The summed E-state index contributed by atoms with van der Waals surface area (Å²) in [4.78, 5) is 3.84. The molecule has 7 heteroatoms. The number of hydrogen-bond acceptors (Lipinski definition) is 4. The van der Waals surface area contributed by atoms with E-state index in [0.717, 1.165) is 0 Å². The van der Waals surface area contributed by atoms with E-state index in [1.165, 1.54) is 16.8 Å². The quantitative estimate of drug-likeness (QED) is 0.756. The van der Waals surface area contributed by atoms with Crippen LogP contribution in [-0.2, 0) is 17.1 Å². The summed E-state index contributed by atoms with van der Waals surface area (Å²) in [6.45, 7) is 2.43. The Morgan fingerprint density at radius 1 is 1.56 bits per heavy atom. The van der Waals surface area contributed by atoms with Crippen molar-refractivity contribution in [1.82, 2.24) is 13.9 Å². The van der Waals surface area contributed by atoms with Gasteiger partial charge in [-0.05, 0) is 6.42 Å². The smallest absolute Gasteiger partial charge is 0.262 e. The Bertz CT molecular complexity index is 427. The molecule has 0 atom stereocenters. The van der Waals surface area contributed by atoms with Gasteiger partial charge in [0.1, 0.15) is 0 Å². The summed E-state index contributed by atoms with van der Waals surface area (Å²) in [7, 11) is -1.79. The van der Waals surface area contributed by atoms with Crippen molar-refractivity contribution in [2.75, 3.05) is 19.7 Å². The molecule has 0 aliphatic carbocycles. The van der Waals surface area contributed by atoms with E-state index in [4.69, 9.17) is 5.11 Å². The van der Waals surface area contributed by atoms with Gasteiger partial charge in [0.2, 0.25) is 0 Å². The van der Waals surface area contributed by atoms with Crippen molar-refractivity contribution >= 4 is 10.0 Å². The van der Waals surface area contributed by atoms with E-state index in [-0.39, 0.29) is 11.6 Å². The number of aliphatic hydroxyl groups is 1. The Morgan fingerprint density at radius 2 is 2.25 bits per heavy atom. The zero-order chi connectivity index (χ0) is 12.2. The molecule has 0 spiro atoms. The molecule has 1 rings (SSSR count). The standard InChI is InChI=1S/C9H17N3O3S/c1-3-12(5-4-6-13)16(14,15)9-7-11(2)8-10-9/h7-8,13H,3-6H2,1-2H3. The number of aliphatic hydroxyl groups excluding tert-OH is 1. The summed E-state index contributed by atoms with van der Waals surface area (Å²) >= 11 is 0. The SMILES string of the molecule is CCN(CCCO)S(=O)(=O)c1cn(C)cn1. The van der Waals surface area contributed by atoms with Gasteiger partial charge in [-0.2, -0.15) is 4.31 Å². The van der Waals surface area contributed by atoms with Crippen molar-refractivity contribution in [2.45, 2.75) is 18.4 Å². The van der Waals surface area contributed by atoms with Gasteiger partial charge in [0.05, 0.1) is 6.33 Å². The largest absolute Gasteiger partial charge is 0.396 e. The third kappa shape index (κ3) is 2.81. The Hall–Kier alpha value is -0.920. The first-order valence-electron chi connectivity index (χ1n) is 5.11. The average Bonchev–Trinajstić information content (AvgIpc) is 2.66. The molecule has 0 aromatic carbocycles. The molecule has 1 aromatic heterocycles. The molecular weight excluding hydrogens is 230 g/mol. The number of nitrogens with zero attached hydrogens (tertiary/aromatic N) is 3. The highest BCUT2D eigenvalue weighted by Gasteiger charge is 2.24. The summed E-state index contributed by atoms with van der Waals surface area (Å²) in [5.41, 5.74) is 0. The molecule has 1 N–H and O–H groups in total. The van der Waals surface area contributed by atoms with Crippen LogP contribution in [0.3, 0.4) is 0 Å². The zero-order valence-corrected chi connectivity index (χ0v) is 10.3. The van der Waals surface area contributed by atoms with Crippen LogP contribution in [0.15, 0.2) is 17.6 Å². The van der Waals surface area contributed by atoms with E-state index < -0.39 is 10.0 Å². The third-order valence-electron chi connectivity index (χ3n) is 2.20. The molecule has 92 valence electrons. The van der Waals surface area contributed by atoms with Crippen LogP contribution in [0.25, 0.3) is 0 Å². The van der Waals surface area contributed by atoms with Crippen molar-refractivity contribution in [2.24, 2.45) is 7.05 Å². The molecule has 1 aromatic rings. The van der Waals surface area contributed by atoms with Gasteiger partial charge in [0, 0.05) is 32.9 Å². The summed E-state index contributed by atoms with van der Waals surface area (Å²) < 4.78 is 27.0. The maximum Gasteiger partial charge on any atom is 0.262 e. The molecule has 0 unspecified atom stereocenters. The van der Waals surface area contributed by atoms with Crippen LogP contribution >= 0.6 is 0 Å². The normalized spacial score (nSPS) is 12.2. The molecule has 0 bridgehead atoms.